The molecular weight excluding hydrogens is 304 g/mol. The van der Waals surface area contributed by atoms with Gasteiger partial charge in [0.05, 0.1) is 30.1 Å². The van der Waals surface area contributed by atoms with E-state index in [1.165, 1.54) is 16.8 Å². The molecular formula is C17H24N6O. The molecule has 0 unspecified atom stereocenters. The van der Waals surface area contributed by atoms with E-state index in [4.69, 9.17) is 9.37 Å². The Morgan fingerprint density at radius 2 is 2.33 bits per heavy atom. The zero-order chi connectivity index (χ0) is 19.8. The third-order valence-electron chi connectivity index (χ3n) is 4.68. The summed E-state index contributed by atoms with van der Waals surface area (Å²) in [7, 11) is 0. The Morgan fingerprint density at radius 3 is 3.00 bits per heavy atom. The first kappa shape index (κ1) is 13.0. The van der Waals surface area contributed by atoms with E-state index in [2.05, 4.69) is 29.0 Å². The lowest BCUT2D eigenvalue weighted by Crippen LogP contribution is -2.56. The lowest BCUT2D eigenvalue weighted by atomic mass is 10.0. The molecule has 24 heavy (non-hydrogen) atoms. The number of hydrogen-bond acceptors (Lipinski definition) is 5. The lowest BCUT2D eigenvalue weighted by molar-refractivity contribution is 0.378. The lowest BCUT2D eigenvalue weighted by Gasteiger charge is -2.41. The van der Waals surface area contributed by atoms with Gasteiger partial charge in [-0.3, -0.25) is 4.79 Å². The van der Waals surface area contributed by atoms with Gasteiger partial charge in [0.2, 0.25) is 0 Å². The van der Waals surface area contributed by atoms with Crippen LogP contribution in [0, 0.1) is 11.3 Å². The predicted octanol–water partition coefficient (Wildman–Crippen LogP) is 1.07. The topological polar surface area (TPSA) is 78.4 Å². The fourth-order valence-corrected chi connectivity index (χ4v) is 3.27. The number of nitrogens with zero attached hydrogens (tertiary/aromatic N) is 5. The third-order valence-corrected chi connectivity index (χ3v) is 4.68. The molecule has 3 rings (SSSR count). The number of piperazine rings is 1. The summed E-state index contributed by atoms with van der Waals surface area (Å²) in [4.78, 5) is 19.3. The van der Waals surface area contributed by atoms with Crippen molar-refractivity contribution in [2.75, 3.05) is 18.0 Å². The minimum absolute atomic E-state index is 0.0483. The number of imidazole rings is 1. The van der Waals surface area contributed by atoms with Crippen LogP contribution in [0.5, 0.6) is 0 Å². The molecule has 0 aromatic carbocycles. The van der Waals surface area contributed by atoms with Crippen molar-refractivity contribution in [1.29, 1.82) is 5.26 Å². The van der Waals surface area contributed by atoms with Crippen LogP contribution < -0.4 is 15.8 Å². The van der Waals surface area contributed by atoms with Crippen molar-refractivity contribution in [3.05, 3.63) is 28.3 Å². The number of aryl methyl sites for hydroxylation is 1. The fourth-order valence-electron chi connectivity index (χ4n) is 3.27. The summed E-state index contributed by atoms with van der Waals surface area (Å²) in [6.07, 6.45) is 3.34. The molecule has 7 heteroatoms. The molecule has 0 radical (unpaired) electrons. The van der Waals surface area contributed by atoms with Gasteiger partial charge in [0.15, 0.2) is 5.65 Å². The quantitative estimate of drug-likeness (QED) is 0.906. The highest BCUT2D eigenvalue weighted by molar-refractivity contribution is 5.69. The highest BCUT2D eigenvalue weighted by Gasteiger charge is 2.28. The number of hydrogen-bond donors (Lipinski definition) is 1. The maximum Gasteiger partial charge on any atom is 0.267 e. The van der Waals surface area contributed by atoms with Crippen LogP contribution in [0.15, 0.2) is 17.1 Å². The van der Waals surface area contributed by atoms with Crippen molar-refractivity contribution in [3.8, 4) is 6.07 Å². The summed E-state index contributed by atoms with van der Waals surface area (Å²) in [6, 6.07) is 3.85. The van der Waals surface area contributed by atoms with Crippen LogP contribution in [0.2, 0.25) is 0 Å². The van der Waals surface area contributed by atoms with Crippen LogP contribution >= 0.6 is 0 Å². The zero-order valence-electron chi connectivity index (χ0n) is 17.0. The molecule has 0 saturated carbocycles. The van der Waals surface area contributed by atoms with Crippen LogP contribution in [0.3, 0.4) is 0 Å². The van der Waals surface area contributed by atoms with Crippen molar-refractivity contribution in [2.45, 2.75) is 45.2 Å². The Morgan fingerprint density at radius 1 is 1.50 bits per heavy atom. The molecule has 128 valence electrons. The first-order valence-electron chi connectivity index (χ1n) is 9.81. The van der Waals surface area contributed by atoms with Gasteiger partial charge in [-0.2, -0.15) is 5.26 Å². The van der Waals surface area contributed by atoms with Crippen molar-refractivity contribution in [3.63, 3.8) is 0 Å². The second-order valence-electron chi connectivity index (χ2n) is 6.14. The molecule has 2 aromatic heterocycles. The van der Waals surface area contributed by atoms with Gasteiger partial charge in [-0.05, 0) is 12.8 Å². The summed E-state index contributed by atoms with van der Waals surface area (Å²) in [6.45, 7) is 3.04. The van der Waals surface area contributed by atoms with E-state index in [0.717, 1.165) is 24.1 Å². The minimum atomic E-state index is -2.64. The van der Waals surface area contributed by atoms with Gasteiger partial charge in [0.1, 0.15) is 0 Å². The van der Waals surface area contributed by atoms with Crippen molar-refractivity contribution >= 4 is 11.3 Å². The molecule has 0 amide bonds. The summed E-state index contributed by atoms with van der Waals surface area (Å²) in [5.74, 6) is 0. The van der Waals surface area contributed by atoms with E-state index in [-0.39, 0.29) is 18.5 Å². The maximum atomic E-state index is 12.7. The second-order valence-corrected chi connectivity index (χ2v) is 6.14. The standard InChI is InChI=1S/C17H24N6O/c1-4-12-10-22(14(5-2)9-19-12)15-8-16(24)21(3)23-11-13(6-7-18)20-17(15)23/h8,11-12,14,19H,4-6,9-10H2,1-3H3/t12-,14+/m1/s1/i3D3. The van der Waals surface area contributed by atoms with Gasteiger partial charge in [-0.25, -0.2) is 14.2 Å². The molecule has 1 aliphatic heterocycles. The van der Waals surface area contributed by atoms with Gasteiger partial charge < -0.3 is 10.2 Å². The molecule has 1 fully saturated rings. The molecule has 0 bridgehead atoms. The van der Waals surface area contributed by atoms with Crippen molar-refractivity contribution < 1.29 is 4.11 Å². The van der Waals surface area contributed by atoms with Crippen LogP contribution in [-0.4, -0.2) is 39.4 Å². The predicted molar refractivity (Wildman–Crippen MR) is 93.3 cm³/mol. The van der Waals surface area contributed by atoms with E-state index in [9.17, 15) is 4.79 Å². The van der Waals surface area contributed by atoms with E-state index in [1.54, 1.807) is 0 Å². The first-order valence-corrected chi connectivity index (χ1v) is 8.31. The maximum absolute atomic E-state index is 12.7. The Bertz CT molecular complexity index is 926. The molecule has 1 aliphatic rings. The fraction of sp³-hybridized carbons (Fsp3) is 0.588. The van der Waals surface area contributed by atoms with Gasteiger partial charge in [-0.15, -0.1) is 0 Å². The van der Waals surface area contributed by atoms with Gasteiger partial charge in [0.25, 0.3) is 5.56 Å². The molecule has 0 aliphatic carbocycles. The Kier molecular flexibility index (Phi) is 3.61. The van der Waals surface area contributed by atoms with Gasteiger partial charge in [0, 0.05) is 42.3 Å². The SMILES string of the molecule is [2H]C([2H])([2H])n1c(=O)cc(N2C[C@@H](CC)NC[C@@H]2CC)c2nc(CC#N)cn21. The highest BCUT2D eigenvalue weighted by atomic mass is 16.1. The first-order chi connectivity index (χ1) is 12.8. The Labute approximate surface area is 145 Å². The molecule has 2 aromatic rings. The number of aromatic nitrogens is 3. The second kappa shape index (κ2) is 6.65. The van der Waals surface area contributed by atoms with E-state index in [0.29, 0.717) is 23.6 Å². The summed E-state index contributed by atoms with van der Waals surface area (Å²) in [5.41, 5.74) is 0.847. The van der Waals surface area contributed by atoms with Crippen LogP contribution in [0.25, 0.3) is 5.65 Å². The number of nitriles is 1. The van der Waals surface area contributed by atoms with Crippen molar-refractivity contribution in [2.24, 2.45) is 6.98 Å². The van der Waals surface area contributed by atoms with Crippen LogP contribution in [0.4, 0.5) is 5.69 Å². The largest absolute Gasteiger partial charge is 0.363 e. The van der Waals surface area contributed by atoms with E-state index >= 15 is 0 Å². The molecule has 2 atom stereocenters. The molecule has 0 spiro atoms. The monoisotopic (exact) mass is 331 g/mol. The van der Waals surface area contributed by atoms with E-state index in [1.807, 2.05) is 6.07 Å². The number of anilines is 1. The summed E-state index contributed by atoms with van der Waals surface area (Å²) >= 11 is 0. The van der Waals surface area contributed by atoms with Gasteiger partial charge in [-0.1, -0.05) is 13.8 Å². The molecule has 1 saturated heterocycles. The average Bonchev–Trinajstić information content (AvgIpc) is 3.02. The zero-order valence-corrected chi connectivity index (χ0v) is 14.0. The molecule has 3 heterocycles. The smallest absolute Gasteiger partial charge is 0.267 e. The third kappa shape index (κ3) is 2.78. The number of rotatable bonds is 4. The Balaban J connectivity index is 2.24. The molecule has 1 N–H and O–H groups in total. The number of fused-ring (bicyclic) bond motifs is 1. The van der Waals surface area contributed by atoms with Crippen molar-refractivity contribution in [1.82, 2.24) is 19.5 Å². The Hall–Kier alpha value is -2.33. The van der Waals surface area contributed by atoms with Crippen LogP contribution in [0.1, 0.15) is 36.5 Å². The summed E-state index contributed by atoms with van der Waals surface area (Å²) in [5, 5.41) is 12.5. The number of nitrogens with one attached hydrogen (secondary N) is 1. The van der Waals surface area contributed by atoms with E-state index < -0.39 is 12.5 Å². The van der Waals surface area contributed by atoms with Crippen LogP contribution in [-0.2, 0) is 13.4 Å². The minimum Gasteiger partial charge on any atom is -0.363 e. The summed E-state index contributed by atoms with van der Waals surface area (Å²) < 4.78 is 25.2. The normalized spacial score (nSPS) is 23.5. The average molecular weight is 331 g/mol. The molecule has 7 nitrogen and oxygen atoms in total. The highest BCUT2D eigenvalue weighted by Crippen LogP contribution is 2.25. The van der Waals surface area contributed by atoms with Gasteiger partial charge >= 0.3 is 0 Å².